The Morgan fingerprint density at radius 3 is 2.58 bits per heavy atom. The lowest BCUT2D eigenvalue weighted by molar-refractivity contribution is 0.742. The van der Waals surface area contributed by atoms with Crippen molar-refractivity contribution in [2.45, 2.75) is 33.1 Å². The summed E-state index contributed by atoms with van der Waals surface area (Å²) in [4.78, 5) is 3.30. The van der Waals surface area contributed by atoms with Gasteiger partial charge in [-0.15, -0.1) is 0 Å². The van der Waals surface area contributed by atoms with E-state index in [9.17, 15) is 0 Å². The van der Waals surface area contributed by atoms with Crippen LogP contribution >= 0.6 is 0 Å². The number of aromatic amines is 1. The Morgan fingerprint density at radius 2 is 2.08 bits per heavy atom. The number of nitrogens with one attached hydrogen (secondary N) is 1. The number of H-pyrrole nitrogens is 1. The van der Waals surface area contributed by atoms with Gasteiger partial charge in [0.25, 0.3) is 0 Å². The van der Waals surface area contributed by atoms with Gasteiger partial charge in [0.1, 0.15) is 0 Å². The Bertz CT molecular complexity index is 238. The van der Waals surface area contributed by atoms with Crippen molar-refractivity contribution in [1.82, 2.24) is 4.98 Å². The lowest BCUT2D eigenvalue weighted by atomic mass is 10.1. The molecule has 0 aliphatic carbocycles. The fraction of sp³-hybridized carbons (Fsp3) is 0.600. The van der Waals surface area contributed by atoms with Gasteiger partial charge in [0.2, 0.25) is 0 Å². The molecule has 0 bridgehead atoms. The number of nitrogens with two attached hydrogens (primary N) is 1. The second-order valence-corrected chi connectivity index (χ2v) is 3.35. The summed E-state index contributed by atoms with van der Waals surface area (Å²) >= 11 is 0. The number of aromatic nitrogens is 1. The van der Waals surface area contributed by atoms with E-state index < -0.39 is 0 Å². The molecule has 2 nitrogen and oxygen atoms in total. The molecule has 1 aromatic rings. The van der Waals surface area contributed by atoms with Crippen LogP contribution in [0.5, 0.6) is 0 Å². The first-order valence-electron chi connectivity index (χ1n) is 4.59. The standard InChI is InChI=1S/C10H18N2/c1-8-7-10(9(2)12-8)5-3-4-6-11/h7,12H,3-6,11H2,1-2H3. The van der Waals surface area contributed by atoms with Gasteiger partial charge < -0.3 is 10.7 Å². The van der Waals surface area contributed by atoms with E-state index in [4.69, 9.17) is 5.73 Å². The quantitative estimate of drug-likeness (QED) is 0.659. The highest BCUT2D eigenvalue weighted by molar-refractivity contribution is 5.24. The van der Waals surface area contributed by atoms with E-state index in [1.807, 2.05) is 0 Å². The number of rotatable bonds is 4. The first-order valence-corrected chi connectivity index (χ1v) is 4.59. The molecule has 0 fully saturated rings. The van der Waals surface area contributed by atoms with E-state index in [2.05, 4.69) is 24.9 Å². The van der Waals surface area contributed by atoms with Crippen molar-refractivity contribution in [2.75, 3.05) is 6.54 Å². The zero-order valence-electron chi connectivity index (χ0n) is 7.98. The summed E-state index contributed by atoms with van der Waals surface area (Å²) in [6.45, 7) is 5.03. The largest absolute Gasteiger partial charge is 0.362 e. The van der Waals surface area contributed by atoms with E-state index in [0.29, 0.717) is 0 Å². The minimum Gasteiger partial charge on any atom is -0.362 e. The highest BCUT2D eigenvalue weighted by Crippen LogP contribution is 2.11. The van der Waals surface area contributed by atoms with Crippen molar-refractivity contribution < 1.29 is 0 Å². The molecule has 0 aliphatic heterocycles. The molecule has 2 heteroatoms. The number of hydrogen-bond acceptors (Lipinski definition) is 1. The van der Waals surface area contributed by atoms with E-state index in [1.54, 1.807) is 0 Å². The molecule has 0 aliphatic rings. The summed E-state index contributed by atoms with van der Waals surface area (Å²) in [5.41, 5.74) is 9.44. The molecule has 68 valence electrons. The Kier molecular flexibility index (Phi) is 3.35. The fourth-order valence-electron chi connectivity index (χ4n) is 1.50. The minimum atomic E-state index is 0.808. The predicted molar refractivity (Wildman–Crippen MR) is 52.3 cm³/mol. The average Bonchev–Trinajstić information content (AvgIpc) is 2.31. The maximum absolute atomic E-state index is 5.43. The summed E-state index contributed by atoms with van der Waals surface area (Å²) in [5, 5.41) is 0. The van der Waals surface area contributed by atoms with Gasteiger partial charge in [0.15, 0.2) is 0 Å². The van der Waals surface area contributed by atoms with Gasteiger partial charge in [-0.25, -0.2) is 0 Å². The molecule has 12 heavy (non-hydrogen) atoms. The molecule has 0 unspecified atom stereocenters. The highest BCUT2D eigenvalue weighted by atomic mass is 14.7. The van der Waals surface area contributed by atoms with E-state index in [1.165, 1.54) is 23.4 Å². The van der Waals surface area contributed by atoms with Crippen molar-refractivity contribution in [3.05, 3.63) is 23.0 Å². The average molecular weight is 166 g/mol. The van der Waals surface area contributed by atoms with Crippen LogP contribution in [0.2, 0.25) is 0 Å². The summed E-state index contributed by atoms with van der Waals surface area (Å²) in [5.74, 6) is 0. The molecule has 0 saturated carbocycles. The fourth-order valence-corrected chi connectivity index (χ4v) is 1.50. The van der Waals surface area contributed by atoms with Gasteiger partial charge in [-0.2, -0.15) is 0 Å². The van der Waals surface area contributed by atoms with Crippen LogP contribution in [-0.4, -0.2) is 11.5 Å². The van der Waals surface area contributed by atoms with Crippen molar-refractivity contribution in [2.24, 2.45) is 5.73 Å². The van der Waals surface area contributed by atoms with Gasteiger partial charge in [0.05, 0.1) is 0 Å². The maximum Gasteiger partial charge on any atom is 0.0150 e. The number of aryl methyl sites for hydroxylation is 3. The van der Waals surface area contributed by atoms with Crippen LogP contribution in [-0.2, 0) is 6.42 Å². The second-order valence-electron chi connectivity index (χ2n) is 3.35. The second kappa shape index (κ2) is 4.31. The lowest BCUT2D eigenvalue weighted by Crippen LogP contribution is -1.99. The predicted octanol–water partition coefficient (Wildman–Crippen LogP) is 1.91. The van der Waals surface area contributed by atoms with Crippen LogP contribution in [0.25, 0.3) is 0 Å². The lowest BCUT2D eigenvalue weighted by Gasteiger charge is -1.97. The van der Waals surface area contributed by atoms with Crippen molar-refractivity contribution in [1.29, 1.82) is 0 Å². The van der Waals surface area contributed by atoms with Gasteiger partial charge in [-0.3, -0.25) is 0 Å². The highest BCUT2D eigenvalue weighted by Gasteiger charge is 2.00. The van der Waals surface area contributed by atoms with Crippen molar-refractivity contribution >= 4 is 0 Å². The van der Waals surface area contributed by atoms with Gasteiger partial charge in [-0.1, -0.05) is 0 Å². The molecule has 0 saturated heterocycles. The molecule has 1 rings (SSSR count). The first-order chi connectivity index (χ1) is 5.74. The Balaban J connectivity index is 2.45. The normalized spacial score (nSPS) is 10.6. The number of hydrogen-bond donors (Lipinski definition) is 2. The van der Waals surface area contributed by atoms with Crippen LogP contribution < -0.4 is 5.73 Å². The topological polar surface area (TPSA) is 41.8 Å². The summed E-state index contributed by atoms with van der Waals surface area (Å²) in [7, 11) is 0. The van der Waals surface area contributed by atoms with E-state index >= 15 is 0 Å². The van der Waals surface area contributed by atoms with Crippen LogP contribution in [0, 0.1) is 13.8 Å². The molecule has 0 spiro atoms. The molecular weight excluding hydrogens is 148 g/mol. The van der Waals surface area contributed by atoms with Crippen LogP contribution in [0.3, 0.4) is 0 Å². The SMILES string of the molecule is Cc1cc(CCCCN)c(C)[nH]1. The Morgan fingerprint density at radius 1 is 1.33 bits per heavy atom. The zero-order chi connectivity index (χ0) is 8.97. The summed E-state index contributed by atoms with van der Waals surface area (Å²) < 4.78 is 0. The van der Waals surface area contributed by atoms with Gasteiger partial charge in [0, 0.05) is 11.4 Å². The van der Waals surface area contributed by atoms with Gasteiger partial charge in [-0.05, 0) is 51.3 Å². The zero-order valence-corrected chi connectivity index (χ0v) is 7.98. The molecule has 3 N–H and O–H groups in total. The van der Waals surface area contributed by atoms with E-state index in [0.717, 1.165) is 19.4 Å². The third-order valence-corrected chi connectivity index (χ3v) is 2.16. The Labute approximate surface area is 74.2 Å². The van der Waals surface area contributed by atoms with Crippen LogP contribution in [0.4, 0.5) is 0 Å². The molecule has 1 heterocycles. The summed E-state index contributed by atoms with van der Waals surface area (Å²) in [6.07, 6.45) is 3.49. The Hall–Kier alpha value is -0.760. The van der Waals surface area contributed by atoms with Crippen LogP contribution in [0.15, 0.2) is 6.07 Å². The summed E-state index contributed by atoms with van der Waals surface area (Å²) in [6, 6.07) is 2.23. The minimum absolute atomic E-state index is 0.808. The smallest absolute Gasteiger partial charge is 0.0150 e. The van der Waals surface area contributed by atoms with Crippen molar-refractivity contribution in [3.63, 3.8) is 0 Å². The number of unbranched alkanes of at least 4 members (excludes halogenated alkanes) is 1. The molecule has 0 radical (unpaired) electrons. The molecule has 0 amide bonds. The molecular formula is C10H18N2. The van der Waals surface area contributed by atoms with Crippen molar-refractivity contribution in [3.8, 4) is 0 Å². The third kappa shape index (κ3) is 2.38. The van der Waals surface area contributed by atoms with Gasteiger partial charge >= 0.3 is 0 Å². The molecule has 0 aromatic carbocycles. The maximum atomic E-state index is 5.43. The third-order valence-electron chi connectivity index (χ3n) is 2.16. The monoisotopic (exact) mass is 166 g/mol. The molecule has 0 atom stereocenters. The first kappa shape index (κ1) is 9.33. The van der Waals surface area contributed by atoms with E-state index in [-0.39, 0.29) is 0 Å². The molecule has 1 aromatic heterocycles. The van der Waals surface area contributed by atoms with Crippen LogP contribution in [0.1, 0.15) is 29.8 Å².